The van der Waals surface area contributed by atoms with E-state index in [2.05, 4.69) is 25.1 Å². The van der Waals surface area contributed by atoms with Gasteiger partial charge in [0.25, 0.3) is 0 Å². The molecule has 1 aliphatic carbocycles. The second-order valence-electron chi connectivity index (χ2n) is 9.91. The van der Waals surface area contributed by atoms with Gasteiger partial charge in [0.15, 0.2) is 11.5 Å². The summed E-state index contributed by atoms with van der Waals surface area (Å²) in [6.07, 6.45) is 5.25. The lowest BCUT2D eigenvalue weighted by Gasteiger charge is -2.34. The van der Waals surface area contributed by atoms with Gasteiger partial charge in [-0.05, 0) is 63.9 Å². The molecule has 198 valence electrons. The van der Waals surface area contributed by atoms with E-state index in [0.29, 0.717) is 11.1 Å². The van der Waals surface area contributed by atoms with Gasteiger partial charge in [0.05, 0.1) is 15.3 Å². The smallest absolute Gasteiger partial charge is 0.311 e. The molecule has 8 heteroatoms. The molecular weight excluding hydrogens is 496 g/mol. The summed E-state index contributed by atoms with van der Waals surface area (Å²) >= 11 is 0. The molecule has 0 unspecified atom stereocenters. The van der Waals surface area contributed by atoms with E-state index in [1.807, 2.05) is 24.3 Å². The van der Waals surface area contributed by atoms with Gasteiger partial charge < -0.3 is 10.2 Å². The Morgan fingerprint density at radius 3 is 1.87 bits per heavy atom. The zero-order valence-corrected chi connectivity index (χ0v) is 21.5. The topological polar surface area (TPSA) is 127 Å². The van der Waals surface area contributed by atoms with Crippen LogP contribution < -0.4 is 0 Å². The van der Waals surface area contributed by atoms with Crippen LogP contribution in [0, 0.1) is 20.2 Å². The standard InChI is InChI=1S/C31H28N2O6/c1-2-3-4-5-8-20-11-14-24-23-9-6-7-10-25(23)31(26(24)17-20,21-12-15-29(34)27(18-21)32(36)37)22-13-16-30(35)28(19-22)33(38)39/h6-7,9-19,34-35H,2-5,8H2,1H3. The largest absolute Gasteiger partial charge is 0.502 e. The van der Waals surface area contributed by atoms with E-state index < -0.39 is 38.1 Å². The fourth-order valence-corrected chi connectivity index (χ4v) is 5.83. The molecule has 0 heterocycles. The normalized spacial score (nSPS) is 13.1. The number of aryl methyl sites for hydroxylation is 1. The van der Waals surface area contributed by atoms with E-state index in [4.69, 9.17) is 0 Å². The predicted molar refractivity (Wildman–Crippen MR) is 148 cm³/mol. The highest BCUT2D eigenvalue weighted by Gasteiger charge is 2.47. The Kier molecular flexibility index (Phi) is 6.78. The number of benzene rings is 4. The number of aromatic hydroxyl groups is 2. The quantitative estimate of drug-likeness (QED) is 0.117. The van der Waals surface area contributed by atoms with Crippen LogP contribution in [0.2, 0.25) is 0 Å². The Morgan fingerprint density at radius 2 is 1.28 bits per heavy atom. The minimum absolute atomic E-state index is 0.457. The summed E-state index contributed by atoms with van der Waals surface area (Å²) in [5, 5.41) is 44.3. The van der Waals surface area contributed by atoms with E-state index >= 15 is 0 Å². The van der Waals surface area contributed by atoms with Crippen molar-refractivity contribution in [3.05, 3.63) is 127 Å². The minimum Gasteiger partial charge on any atom is -0.502 e. The van der Waals surface area contributed by atoms with E-state index in [0.717, 1.165) is 59.9 Å². The van der Waals surface area contributed by atoms with Crippen molar-refractivity contribution in [2.24, 2.45) is 0 Å². The predicted octanol–water partition coefficient (Wildman–Crippen LogP) is 7.40. The number of hydrogen-bond acceptors (Lipinski definition) is 6. The maximum atomic E-state index is 11.9. The van der Waals surface area contributed by atoms with Gasteiger partial charge in [-0.15, -0.1) is 0 Å². The average Bonchev–Trinajstić information content (AvgIpc) is 3.22. The Labute approximate surface area is 225 Å². The number of nitro groups is 2. The first kappa shape index (κ1) is 25.9. The van der Waals surface area contributed by atoms with Crippen molar-refractivity contribution in [1.29, 1.82) is 0 Å². The first-order chi connectivity index (χ1) is 18.8. The van der Waals surface area contributed by atoms with Gasteiger partial charge in [-0.1, -0.05) is 80.8 Å². The summed E-state index contributed by atoms with van der Waals surface area (Å²) in [6.45, 7) is 2.16. The lowest BCUT2D eigenvalue weighted by Crippen LogP contribution is -2.29. The molecule has 0 atom stereocenters. The van der Waals surface area contributed by atoms with Crippen molar-refractivity contribution in [3.8, 4) is 22.6 Å². The van der Waals surface area contributed by atoms with E-state index in [9.17, 15) is 30.4 Å². The fourth-order valence-electron chi connectivity index (χ4n) is 5.83. The van der Waals surface area contributed by atoms with Crippen molar-refractivity contribution >= 4 is 11.4 Å². The van der Waals surface area contributed by atoms with Gasteiger partial charge in [-0.3, -0.25) is 20.2 Å². The van der Waals surface area contributed by atoms with Crippen molar-refractivity contribution in [2.75, 3.05) is 0 Å². The molecule has 5 rings (SSSR count). The molecule has 1 aliphatic rings. The van der Waals surface area contributed by atoms with Crippen molar-refractivity contribution in [2.45, 2.75) is 44.4 Å². The van der Waals surface area contributed by atoms with Gasteiger partial charge in [-0.2, -0.15) is 0 Å². The lowest BCUT2D eigenvalue weighted by atomic mass is 9.67. The second kappa shape index (κ2) is 10.2. The first-order valence-electron chi connectivity index (χ1n) is 13.0. The van der Waals surface area contributed by atoms with Gasteiger partial charge in [0, 0.05) is 12.1 Å². The molecular formula is C31H28N2O6. The maximum Gasteiger partial charge on any atom is 0.311 e. The number of fused-ring (bicyclic) bond motifs is 3. The molecule has 8 nitrogen and oxygen atoms in total. The third kappa shape index (κ3) is 4.27. The molecule has 0 radical (unpaired) electrons. The van der Waals surface area contributed by atoms with Crippen molar-refractivity contribution in [1.82, 2.24) is 0 Å². The molecule has 4 aromatic rings. The number of unbranched alkanes of at least 4 members (excludes halogenated alkanes) is 3. The number of rotatable bonds is 9. The summed E-state index contributed by atoms with van der Waals surface area (Å²) in [7, 11) is 0. The van der Waals surface area contributed by atoms with E-state index in [-0.39, 0.29) is 0 Å². The van der Waals surface area contributed by atoms with Crippen LogP contribution in [0.5, 0.6) is 11.5 Å². The van der Waals surface area contributed by atoms with Gasteiger partial charge in [0.2, 0.25) is 0 Å². The highest BCUT2D eigenvalue weighted by molar-refractivity contribution is 5.87. The van der Waals surface area contributed by atoms with E-state index in [1.165, 1.54) is 24.3 Å². The van der Waals surface area contributed by atoms with Crippen LogP contribution in [-0.2, 0) is 11.8 Å². The molecule has 0 amide bonds. The van der Waals surface area contributed by atoms with Crippen LogP contribution in [0.25, 0.3) is 11.1 Å². The van der Waals surface area contributed by atoms with Gasteiger partial charge >= 0.3 is 11.4 Å². The van der Waals surface area contributed by atoms with Gasteiger partial charge in [0.1, 0.15) is 0 Å². The fraction of sp³-hybridized carbons (Fsp3) is 0.226. The van der Waals surface area contributed by atoms with E-state index in [1.54, 1.807) is 12.1 Å². The minimum atomic E-state index is -1.16. The van der Waals surface area contributed by atoms with Crippen molar-refractivity contribution in [3.63, 3.8) is 0 Å². The number of phenols is 2. The second-order valence-corrected chi connectivity index (χ2v) is 9.91. The lowest BCUT2D eigenvalue weighted by molar-refractivity contribution is -0.386. The molecule has 0 spiro atoms. The summed E-state index contributed by atoms with van der Waals surface area (Å²) < 4.78 is 0. The number of nitrogens with zero attached hydrogens (tertiary/aromatic N) is 2. The molecule has 0 aliphatic heterocycles. The summed E-state index contributed by atoms with van der Waals surface area (Å²) in [5.74, 6) is -0.932. The molecule has 39 heavy (non-hydrogen) atoms. The average molecular weight is 525 g/mol. The van der Waals surface area contributed by atoms with Crippen LogP contribution in [-0.4, -0.2) is 20.1 Å². The first-order valence-corrected chi connectivity index (χ1v) is 13.0. The van der Waals surface area contributed by atoms with Crippen molar-refractivity contribution < 1.29 is 20.1 Å². The third-order valence-corrected chi connectivity index (χ3v) is 7.64. The SMILES string of the molecule is CCCCCCc1ccc2c(c1)C(c1ccc(O)c([N+](=O)[O-])c1)(c1ccc(O)c([N+](=O)[O-])c1)c1ccccc1-2. The summed E-state index contributed by atoms with van der Waals surface area (Å²) in [5.41, 5.74) is 3.49. The van der Waals surface area contributed by atoms with Crippen LogP contribution in [0.1, 0.15) is 60.4 Å². The molecule has 0 aromatic heterocycles. The zero-order chi connectivity index (χ0) is 27.7. The highest BCUT2D eigenvalue weighted by atomic mass is 16.6. The van der Waals surface area contributed by atoms with Crippen LogP contribution >= 0.6 is 0 Å². The maximum absolute atomic E-state index is 11.9. The van der Waals surface area contributed by atoms with Crippen LogP contribution in [0.15, 0.2) is 78.9 Å². The zero-order valence-electron chi connectivity index (χ0n) is 21.5. The third-order valence-electron chi connectivity index (χ3n) is 7.64. The monoisotopic (exact) mass is 524 g/mol. The molecule has 0 saturated carbocycles. The number of phenolic OH excluding ortho intramolecular Hbond substituents is 2. The molecule has 0 bridgehead atoms. The Hall–Kier alpha value is -4.72. The molecule has 0 fully saturated rings. The number of nitro benzene ring substituents is 2. The molecule has 4 aromatic carbocycles. The van der Waals surface area contributed by atoms with Crippen LogP contribution in [0.3, 0.4) is 0 Å². The summed E-state index contributed by atoms with van der Waals surface area (Å²) in [6, 6.07) is 22.4. The Balaban J connectivity index is 1.85. The Bertz CT molecular complexity index is 1530. The Morgan fingerprint density at radius 1 is 0.692 bits per heavy atom. The summed E-state index contributed by atoms with van der Waals surface area (Å²) in [4.78, 5) is 22.4. The molecule has 0 saturated heterocycles. The number of hydrogen-bond donors (Lipinski definition) is 2. The molecule has 2 N–H and O–H groups in total. The van der Waals surface area contributed by atoms with Crippen LogP contribution in [0.4, 0.5) is 11.4 Å². The van der Waals surface area contributed by atoms with Gasteiger partial charge in [-0.25, -0.2) is 0 Å². The highest BCUT2D eigenvalue weighted by Crippen LogP contribution is 2.57.